The van der Waals surface area contributed by atoms with Crippen molar-refractivity contribution in [1.82, 2.24) is 10.2 Å². The van der Waals surface area contributed by atoms with Crippen LogP contribution in [0.1, 0.15) is 37.3 Å². The van der Waals surface area contributed by atoms with E-state index in [-0.39, 0.29) is 11.8 Å². The highest BCUT2D eigenvalue weighted by atomic mass is 19.1. The number of aryl methyl sites for hydroxylation is 1. The molecule has 2 rings (SSSR count). The monoisotopic (exact) mass is 264 g/mol. The molecule has 3 nitrogen and oxygen atoms in total. The van der Waals surface area contributed by atoms with E-state index in [1.807, 2.05) is 11.0 Å². The minimum absolute atomic E-state index is 0.0480. The molecule has 1 aliphatic rings. The molecule has 0 saturated carbocycles. The van der Waals surface area contributed by atoms with Crippen molar-refractivity contribution in [2.24, 2.45) is 0 Å². The Balaban J connectivity index is 1.90. The predicted molar refractivity (Wildman–Crippen MR) is 73.4 cm³/mol. The predicted octanol–water partition coefficient (Wildman–Crippen LogP) is 3.22. The van der Waals surface area contributed by atoms with Crippen LogP contribution in [0, 0.1) is 12.7 Å². The Morgan fingerprint density at radius 2 is 2.26 bits per heavy atom. The Hall–Kier alpha value is -1.58. The lowest BCUT2D eigenvalue weighted by molar-refractivity contribution is 0.158. The van der Waals surface area contributed by atoms with Crippen molar-refractivity contribution in [3.8, 4) is 0 Å². The highest BCUT2D eigenvalue weighted by molar-refractivity contribution is 5.74. The lowest BCUT2D eigenvalue weighted by atomic mass is 10.0. The van der Waals surface area contributed by atoms with E-state index in [4.69, 9.17) is 0 Å². The van der Waals surface area contributed by atoms with Gasteiger partial charge in [0, 0.05) is 19.1 Å². The largest absolute Gasteiger partial charge is 0.334 e. The molecule has 0 bridgehead atoms. The van der Waals surface area contributed by atoms with Crippen LogP contribution >= 0.6 is 0 Å². The van der Waals surface area contributed by atoms with E-state index in [9.17, 15) is 9.18 Å². The van der Waals surface area contributed by atoms with Crippen LogP contribution in [0.2, 0.25) is 0 Å². The van der Waals surface area contributed by atoms with Gasteiger partial charge >= 0.3 is 6.03 Å². The van der Waals surface area contributed by atoms with Gasteiger partial charge in [-0.1, -0.05) is 12.1 Å². The maximum Gasteiger partial charge on any atom is 0.317 e. The Morgan fingerprint density at radius 3 is 2.95 bits per heavy atom. The number of carbonyl (C=O) groups excluding carboxylic acids is 1. The van der Waals surface area contributed by atoms with Crippen molar-refractivity contribution in [1.29, 1.82) is 0 Å². The highest BCUT2D eigenvalue weighted by Gasteiger charge is 2.22. The summed E-state index contributed by atoms with van der Waals surface area (Å²) in [4.78, 5) is 13.9. The van der Waals surface area contributed by atoms with Crippen LogP contribution in [0.25, 0.3) is 0 Å². The molecule has 0 aliphatic carbocycles. The van der Waals surface area contributed by atoms with Crippen LogP contribution in [0.3, 0.4) is 0 Å². The molecule has 1 aliphatic heterocycles. The molecule has 1 fully saturated rings. The molecule has 1 N–H and O–H groups in total. The molecule has 1 heterocycles. The second kappa shape index (κ2) is 6.04. The number of urea groups is 1. The van der Waals surface area contributed by atoms with Crippen molar-refractivity contribution < 1.29 is 9.18 Å². The van der Waals surface area contributed by atoms with E-state index in [0.717, 1.165) is 24.9 Å². The number of amides is 2. The highest BCUT2D eigenvalue weighted by Crippen LogP contribution is 2.16. The number of halogens is 1. The van der Waals surface area contributed by atoms with Crippen molar-refractivity contribution >= 4 is 6.03 Å². The summed E-state index contributed by atoms with van der Waals surface area (Å²) in [7, 11) is 0. The molecule has 0 spiro atoms. The zero-order valence-electron chi connectivity index (χ0n) is 11.6. The average molecular weight is 264 g/mol. The fraction of sp³-hybridized carbons (Fsp3) is 0.533. The summed E-state index contributed by atoms with van der Waals surface area (Å²) in [5.74, 6) is -0.224. The molecule has 1 aromatic carbocycles. The summed E-state index contributed by atoms with van der Waals surface area (Å²) < 4.78 is 13.4. The van der Waals surface area contributed by atoms with E-state index in [1.165, 1.54) is 12.5 Å². The van der Waals surface area contributed by atoms with Gasteiger partial charge in [0.25, 0.3) is 0 Å². The topological polar surface area (TPSA) is 32.3 Å². The van der Waals surface area contributed by atoms with Crippen LogP contribution in [0.4, 0.5) is 9.18 Å². The summed E-state index contributed by atoms with van der Waals surface area (Å²) in [5, 5.41) is 2.87. The van der Waals surface area contributed by atoms with E-state index >= 15 is 0 Å². The van der Waals surface area contributed by atoms with E-state index in [0.29, 0.717) is 18.2 Å². The molecule has 0 radical (unpaired) electrons. The maximum absolute atomic E-state index is 13.4. The van der Waals surface area contributed by atoms with Crippen LogP contribution in [0.15, 0.2) is 18.2 Å². The Morgan fingerprint density at radius 1 is 1.47 bits per heavy atom. The Bertz CT molecular complexity index is 461. The van der Waals surface area contributed by atoms with Gasteiger partial charge in [-0.3, -0.25) is 0 Å². The lowest BCUT2D eigenvalue weighted by Crippen LogP contribution is -2.47. The summed E-state index contributed by atoms with van der Waals surface area (Å²) in [6.45, 7) is 4.99. The first-order valence-corrected chi connectivity index (χ1v) is 6.87. The van der Waals surface area contributed by atoms with Crippen molar-refractivity contribution in [2.45, 2.75) is 45.7 Å². The third kappa shape index (κ3) is 3.46. The molecule has 19 heavy (non-hydrogen) atoms. The van der Waals surface area contributed by atoms with Gasteiger partial charge in [-0.15, -0.1) is 0 Å². The molecule has 4 heteroatoms. The van der Waals surface area contributed by atoms with Crippen LogP contribution < -0.4 is 5.32 Å². The SMILES string of the molecule is Cc1ccc(CNC(=O)N2CCCC[C@@H]2C)cc1F. The fourth-order valence-corrected chi connectivity index (χ4v) is 2.43. The normalized spacial score (nSPS) is 19.3. The quantitative estimate of drug-likeness (QED) is 0.874. The van der Waals surface area contributed by atoms with Gasteiger partial charge in [0.1, 0.15) is 5.82 Å². The van der Waals surface area contributed by atoms with Crippen LogP contribution in [-0.4, -0.2) is 23.5 Å². The lowest BCUT2D eigenvalue weighted by Gasteiger charge is -2.33. The van der Waals surface area contributed by atoms with Crippen molar-refractivity contribution in [3.63, 3.8) is 0 Å². The second-order valence-electron chi connectivity index (χ2n) is 5.28. The summed E-state index contributed by atoms with van der Waals surface area (Å²) >= 11 is 0. The zero-order valence-corrected chi connectivity index (χ0v) is 11.6. The standard InChI is InChI=1S/C15H21FN2O/c1-11-6-7-13(9-14(11)16)10-17-15(19)18-8-4-3-5-12(18)2/h6-7,9,12H,3-5,8,10H2,1-2H3,(H,17,19)/t12-/m0/s1. The number of rotatable bonds is 2. The fourth-order valence-electron chi connectivity index (χ4n) is 2.43. The molecular formula is C15H21FN2O. The number of hydrogen-bond donors (Lipinski definition) is 1. The van der Waals surface area contributed by atoms with E-state index in [2.05, 4.69) is 12.2 Å². The third-order valence-electron chi connectivity index (χ3n) is 3.74. The second-order valence-corrected chi connectivity index (χ2v) is 5.28. The third-order valence-corrected chi connectivity index (χ3v) is 3.74. The van der Waals surface area contributed by atoms with Gasteiger partial charge in [0.15, 0.2) is 0 Å². The summed E-state index contributed by atoms with van der Waals surface area (Å²) in [6.07, 6.45) is 3.32. The number of carbonyl (C=O) groups is 1. The van der Waals surface area contributed by atoms with Gasteiger partial charge in [0.2, 0.25) is 0 Å². The number of nitrogens with one attached hydrogen (secondary N) is 1. The van der Waals surface area contributed by atoms with Gasteiger partial charge < -0.3 is 10.2 Å². The first-order valence-electron chi connectivity index (χ1n) is 6.87. The van der Waals surface area contributed by atoms with Gasteiger partial charge in [-0.05, 0) is 50.3 Å². The molecule has 2 amide bonds. The van der Waals surface area contributed by atoms with Gasteiger partial charge in [-0.25, -0.2) is 9.18 Å². The zero-order chi connectivity index (χ0) is 13.8. The molecule has 1 aromatic rings. The number of nitrogens with zero attached hydrogens (tertiary/aromatic N) is 1. The number of piperidine rings is 1. The van der Waals surface area contributed by atoms with Crippen LogP contribution in [0.5, 0.6) is 0 Å². The minimum Gasteiger partial charge on any atom is -0.334 e. The van der Waals surface area contributed by atoms with E-state index in [1.54, 1.807) is 13.0 Å². The molecule has 0 aromatic heterocycles. The molecule has 1 saturated heterocycles. The number of likely N-dealkylation sites (tertiary alicyclic amines) is 1. The van der Waals surface area contributed by atoms with Crippen molar-refractivity contribution in [3.05, 3.63) is 35.1 Å². The maximum atomic E-state index is 13.4. The number of benzene rings is 1. The molecular weight excluding hydrogens is 243 g/mol. The molecule has 104 valence electrons. The average Bonchev–Trinajstić information content (AvgIpc) is 2.40. The first kappa shape index (κ1) is 13.8. The molecule has 0 unspecified atom stereocenters. The first-order chi connectivity index (χ1) is 9.08. The summed E-state index contributed by atoms with van der Waals surface area (Å²) in [5.41, 5.74) is 1.42. The van der Waals surface area contributed by atoms with Gasteiger partial charge in [0.05, 0.1) is 0 Å². The number of hydrogen-bond acceptors (Lipinski definition) is 1. The molecule has 1 atom stereocenters. The Labute approximate surface area is 113 Å². The van der Waals surface area contributed by atoms with Crippen molar-refractivity contribution in [2.75, 3.05) is 6.54 Å². The van der Waals surface area contributed by atoms with E-state index < -0.39 is 0 Å². The Kier molecular flexibility index (Phi) is 4.40. The minimum atomic E-state index is -0.224. The van der Waals surface area contributed by atoms with Gasteiger partial charge in [-0.2, -0.15) is 0 Å². The summed E-state index contributed by atoms with van der Waals surface area (Å²) in [6, 6.07) is 5.31. The van der Waals surface area contributed by atoms with Crippen LogP contribution in [-0.2, 0) is 6.54 Å². The smallest absolute Gasteiger partial charge is 0.317 e.